The highest BCUT2D eigenvalue weighted by molar-refractivity contribution is 7.93. The van der Waals surface area contributed by atoms with Gasteiger partial charge in [0.25, 0.3) is 0 Å². The third-order valence-corrected chi connectivity index (χ3v) is 3.77. The molecule has 0 atom stereocenters. The van der Waals surface area contributed by atoms with Gasteiger partial charge in [-0.1, -0.05) is 12.0 Å². The molecule has 0 amide bonds. The molecule has 1 aromatic carbocycles. The molecule has 16 heavy (non-hydrogen) atoms. The smallest absolute Gasteiger partial charge is 0.235 e. The van der Waals surface area contributed by atoms with Gasteiger partial charge in [0.1, 0.15) is 0 Å². The number of hydrogen-bond donors (Lipinski definition) is 1. The Morgan fingerprint density at radius 3 is 2.56 bits per heavy atom. The van der Waals surface area contributed by atoms with E-state index in [0.717, 1.165) is 5.56 Å². The normalized spacial score (nSPS) is 10.8. The molecule has 0 bridgehead atoms. The molecule has 0 aliphatic rings. The molecule has 4 heteroatoms. The van der Waals surface area contributed by atoms with Gasteiger partial charge in [-0.25, -0.2) is 8.42 Å². The van der Waals surface area contributed by atoms with Crippen molar-refractivity contribution in [3.05, 3.63) is 29.8 Å². The Labute approximate surface area is 96.9 Å². The first-order chi connectivity index (χ1) is 7.45. The van der Waals surface area contributed by atoms with Gasteiger partial charge in [0, 0.05) is 11.3 Å². The van der Waals surface area contributed by atoms with E-state index in [1.54, 1.807) is 39.0 Å². The maximum Gasteiger partial charge on any atom is 0.235 e. The third-order valence-electron chi connectivity index (χ3n) is 2.01. The summed E-state index contributed by atoms with van der Waals surface area (Å²) in [5, 5.41) is -0.451. The van der Waals surface area contributed by atoms with Crippen LogP contribution in [0.2, 0.25) is 0 Å². The fourth-order valence-corrected chi connectivity index (χ4v) is 1.78. The summed E-state index contributed by atoms with van der Waals surface area (Å²) in [5.74, 6) is 5.65. The molecule has 0 spiro atoms. The molecule has 0 heterocycles. The van der Waals surface area contributed by atoms with Crippen LogP contribution in [0, 0.1) is 11.8 Å². The number of hydrogen-bond acceptors (Lipinski definition) is 2. The summed E-state index contributed by atoms with van der Waals surface area (Å²) in [7, 11) is -3.28. The van der Waals surface area contributed by atoms with Crippen LogP contribution in [-0.2, 0) is 10.0 Å². The van der Waals surface area contributed by atoms with Crippen LogP contribution in [0.3, 0.4) is 0 Å². The highest BCUT2D eigenvalue weighted by Gasteiger charge is 2.15. The predicted octanol–water partition coefficient (Wildman–Crippen LogP) is 2.21. The molecule has 0 saturated heterocycles. The Kier molecular flexibility index (Phi) is 3.97. The average molecular weight is 237 g/mol. The van der Waals surface area contributed by atoms with E-state index in [1.165, 1.54) is 0 Å². The number of anilines is 1. The quantitative estimate of drug-likeness (QED) is 0.819. The van der Waals surface area contributed by atoms with Gasteiger partial charge >= 0.3 is 0 Å². The molecule has 0 aliphatic carbocycles. The molecule has 1 N–H and O–H groups in total. The molecule has 0 unspecified atom stereocenters. The van der Waals surface area contributed by atoms with Gasteiger partial charge in [0.2, 0.25) is 10.0 Å². The van der Waals surface area contributed by atoms with E-state index >= 15 is 0 Å². The Morgan fingerprint density at radius 2 is 2.00 bits per heavy atom. The summed E-state index contributed by atoms with van der Waals surface area (Å²) in [6, 6.07) is 7.04. The maximum atomic E-state index is 11.6. The summed E-state index contributed by atoms with van der Waals surface area (Å²) < 4.78 is 25.8. The molecule has 0 saturated carbocycles. The monoisotopic (exact) mass is 237 g/mol. The lowest BCUT2D eigenvalue weighted by Gasteiger charge is -2.10. The number of rotatable bonds is 3. The van der Waals surface area contributed by atoms with Crippen molar-refractivity contribution >= 4 is 15.7 Å². The minimum absolute atomic E-state index is 0.451. The number of benzene rings is 1. The zero-order valence-electron chi connectivity index (χ0n) is 9.61. The van der Waals surface area contributed by atoms with Crippen molar-refractivity contribution in [2.45, 2.75) is 26.0 Å². The standard InChI is InChI=1S/C12H15NO2S/c1-4-6-11-7-5-8-12(9-11)13-16(14,15)10(2)3/h5,7-10,13H,1-3H3. The topological polar surface area (TPSA) is 46.2 Å². The summed E-state index contributed by atoms with van der Waals surface area (Å²) in [6.45, 7) is 5.01. The lowest BCUT2D eigenvalue weighted by molar-refractivity contribution is 0.593. The van der Waals surface area contributed by atoms with Gasteiger partial charge < -0.3 is 0 Å². The molecule has 0 aromatic heterocycles. The molecule has 1 aromatic rings. The molecule has 1 rings (SSSR count). The average Bonchev–Trinajstić information content (AvgIpc) is 2.17. The number of sulfonamides is 1. The van der Waals surface area contributed by atoms with E-state index < -0.39 is 15.3 Å². The van der Waals surface area contributed by atoms with Gasteiger partial charge in [-0.15, -0.1) is 5.92 Å². The van der Waals surface area contributed by atoms with E-state index in [9.17, 15) is 8.42 Å². The second-order valence-electron chi connectivity index (χ2n) is 3.65. The van der Waals surface area contributed by atoms with Gasteiger partial charge in [-0.2, -0.15) is 0 Å². The summed E-state index contributed by atoms with van der Waals surface area (Å²) >= 11 is 0. The zero-order chi connectivity index (χ0) is 12.2. The van der Waals surface area contributed by atoms with Crippen molar-refractivity contribution in [3.8, 4) is 11.8 Å². The molecule has 0 aliphatic heterocycles. The van der Waals surface area contributed by atoms with Gasteiger partial charge in [-0.05, 0) is 39.0 Å². The van der Waals surface area contributed by atoms with Gasteiger partial charge in [0.05, 0.1) is 5.25 Å². The molecular formula is C12H15NO2S. The van der Waals surface area contributed by atoms with Crippen molar-refractivity contribution in [1.29, 1.82) is 0 Å². The van der Waals surface area contributed by atoms with Crippen LogP contribution in [0.25, 0.3) is 0 Å². The molecular weight excluding hydrogens is 222 g/mol. The van der Waals surface area contributed by atoms with Crippen molar-refractivity contribution in [2.24, 2.45) is 0 Å². The highest BCUT2D eigenvalue weighted by atomic mass is 32.2. The van der Waals surface area contributed by atoms with E-state index in [-0.39, 0.29) is 0 Å². The van der Waals surface area contributed by atoms with Crippen LogP contribution < -0.4 is 4.72 Å². The molecule has 0 radical (unpaired) electrons. The van der Waals surface area contributed by atoms with Crippen molar-refractivity contribution < 1.29 is 8.42 Å². The summed E-state index contributed by atoms with van der Waals surface area (Å²) in [4.78, 5) is 0. The van der Waals surface area contributed by atoms with Crippen LogP contribution >= 0.6 is 0 Å². The lowest BCUT2D eigenvalue weighted by atomic mass is 10.2. The van der Waals surface area contributed by atoms with E-state index in [1.807, 2.05) is 6.07 Å². The van der Waals surface area contributed by atoms with Crippen LogP contribution in [0.5, 0.6) is 0 Å². The predicted molar refractivity (Wildman–Crippen MR) is 66.7 cm³/mol. The minimum Gasteiger partial charge on any atom is -0.283 e. The Hall–Kier alpha value is -1.47. The first kappa shape index (κ1) is 12.6. The Balaban J connectivity index is 2.97. The fourth-order valence-electron chi connectivity index (χ4n) is 1.09. The lowest BCUT2D eigenvalue weighted by Crippen LogP contribution is -2.22. The molecule has 0 fully saturated rings. The Morgan fingerprint density at radius 1 is 1.31 bits per heavy atom. The minimum atomic E-state index is -3.28. The van der Waals surface area contributed by atoms with Gasteiger partial charge in [-0.3, -0.25) is 4.72 Å². The van der Waals surface area contributed by atoms with Crippen LogP contribution in [0.1, 0.15) is 26.3 Å². The highest BCUT2D eigenvalue weighted by Crippen LogP contribution is 2.13. The van der Waals surface area contributed by atoms with Crippen LogP contribution in [0.4, 0.5) is 5.69 Å². The number of nitrogens with one attached hydrogen (secondary N) is 1. The van der Waals surface area contributed by atoms with Crippen LogP contribution in [-0.4, -0.2) is 13.7 Å². The maximum absolute atomic E-state index is 11.6. The summed E-state index contributed by atoms with van der Waals surface area (Å²) in [5.41, 5.74) is 1.35. The van der Waals surface area contributed by atoms with Crippen LogP contribution in [0.15, 0.2) is 24.3 Å². The van der Waals surface area contributed by atoms with Crippen molar-refractivity contribution in [2.75, 3.05) is 4.72 Å². The molecule has 3 nitrogen and oxygen atoms in total. The van der Waals surface area contributed by atoms with E-state index in [0.29, 0.717) is 5.69 Å². The van der Waals surface area contributed by atoms with Gasteiger partial charge in [0.15, 0.2) is 0 Å². The van der Waals surface area contributed by atoms with E-state index in [4.69, 9.17) is 0 Å². The summed E-state index contributed by atoms with van der Waals surface area (Å²) in [6.07, 6.45) is 0. The van der Waals surface area contributed by atoms with Crippen molar-refractivity contribution in [3.63, 3.8) is 0 Å². The second kappa shape index (κ2) is 5.04. The van der Waals surface area contributed by atoms with E-state index in [2.05, 4.69) is 16.6 Å². The fraction of sp³-hybridized carbons (Fsp3) is 0.333. The first-order valence-corrected chi connectivity index (χ1v) is 6.55. The Bertz CT molecular complexity index is 521. The first-order valence-electron chi connectivity index (χ1n) is 5.00. The second-order valence-corrected chi connectivity index (χ2v) is 5.89. The SMILES string of the molecule is CC#Cc1cccc(NS(=O)(=O)C(C)C)c1. The third kappa shape index (κ3) is 3.28. The molecule has 86 valence electrons. The largest absolute Gasteiger partial charge is 0.283 e. The van der Waals surface area contributed by atoms with Crippen molar-refractivity contribution in [1.82, 2.24) is 0 Å². The zero-order valence-corrected chi connectivity index (χ0v) is 10.4.